The minimum atomic E-state index is -1.06. The third-order valence-electron chi connectivity index (χ3n) is 3.49. The fourth-order valence-electron chi connectivity index (χ4n) is 2.20. The molecule has 1 aromatic rings. The normalized spacial score (nSPS) is 18.7. The van der Waals surface area contributed by atoms with Crippen molar-refractivity contribution in [3.05, 3.63) is 35.6 Å². The van der Waals surface area contributed by atoms with Gasteiger partial charge >= 0.3 is 5.97 Å². The van der Waals surface area contributed by atoms with Crippen LogP contribution in [0.2, 0.25) is 0 Å². The van der Waals surface area contributed by atoms with Crippen LogP contribution in [0.1, 0.15) is 24.8 Å². The first-order valence-electron chi connectivity index (χ1n) is 5.78. The summed E-state index contributed by atoms with van der Waals surface area (Å²) in [6, 6.07) is 5.63. The predicted octanol–water partition coefficient (Wildman–Crippen LogP) is 1.91. The lowest BCUT2D eigenvalue weighted by molar-refractivity contribution is -0.144. The molecule has 1 unspecified atom stereocenters. The van der Waals surface area contributed by atoms with Crippen LogP contribution >= 0.6 is 0 Å². The number of carboxylic acid groups (broad SMARTS) is 1. The first-order chi connectivity index (χ1) is 8.08. The van der Waals surface area contributed by atoms with Gasteiger partial charge in [0, 0.05) is 6.54 Å². The quantitative estimate of drug-likeness (QED) is 0.822. The van der Waals surface area contributed by atoms with Crippen LogP contribution in [0.25, 0.3) is 0 Å². The van der Waals surface area contributed by atoms with Crippen molar-refractivity contribution in [2.45, 2.75) is 24.7 Å². The molecule has 0 aromatic heterocycles. The van der Waals surface area contributed by atoms with Gasteiger partial charge in [0.2, 0.25) is 0 Å². The molecule has 1 aromatic carbocycles. The maximum atomic E-state index is 12.9. The van der Waals surface area contributed by atoms with Crippen molar-refractivity contribution in [3.8, 4) is 0 Å². The molecule has 3 nitrogen and oxygen atoms in total. The summed E-state index contributed by atoms with van der Waals surface area (Å²) < 4.78 is 12.9. The van der Waals surface area contributed by atoms with E-state index in [-0.39, 0.29) is 12.4 Å². The summed E-state index contributed by atoms with van der Waals surface area (Å²) in [5.41, 5.74) is 5.22. The number of carbonyl (C=O) groups is 1. The molecular weight excluding hydrogens is 221 g/mol. The zero-order chi connectivity index (χ0) is 12.5. The largest absolute Gasteiger partial charge is 0.481 e. The summed E-state index contributed by atoms with van der Waals surface area (Å²) in [7, 11) is 0. The van der Waals surface area contributed by atoms with Crippen molar-refractivity contribution in [2.24, 2.45) is 11.7 Å². The second-order valence-corrected chi connectivity index (χ2v) is 4.75. The first kappa shape index (κ1) is 12.0. The maximum absolute atomic E-state index is 12.9. The van der Waals surface area contributed by atoms with Gasteiger partial charge in [-0.25, -0.2) is 4.39 Å². The average molecular weight is 237 g/mol. The monoisotopic (exact) mass is 237 g/mol. The van der Waals surface area contributed by atoms with E-state index in [9.17, 15) is 14.3 Å². The summed E-state index contributed by atoms with van der Waals surface area (Å²) in [4.78, 5) is 11.5. The van der Waals surface area contributed by atoms with E-state index in [2.05, 4.69) is 0 Å². The van der Waals surface area contributed by atoms with E-state index >= 15 is 0 Å². The van der Waals surface area contributed by atoms with Gasteiger partial charge in [0.05, 0.1) is 0 Å². The van der Waals surface area contributed by atoms with Gasteiger partial charge in [-0.15, -0.1) is 0 Å². The van der Waals surface area contributed by atoms with Gasteiger partial charge in [-0.2, -0.15) is 0 Å². The predicted molar refractivity (Wildman–Crippen MR) is 62.1 cm³/mol. The van der Waals surface area contributed by atoms with Crippen LogP contribution < -0.4 is 5.73 Å². The smallest absolute Gasteiger partial charge is 0.315 e. The molecule has 0 aliphatic heterocycles. The lowest BCUT2D eigenvalue weighted by atomic mass is 9.76. The van der Waals surface area contributed by atoms with E-state index < -0.39 is 11.4 Å². The Morgan fingerprint density at radius 2 is 2.00 bits per heavy atom. The van der Waals surface area contributed by atoms with Crippen molar-refractivity contribution in [1.29, 1.82) is 0 Å². The van der Waals surface area contributed by atoms with Crippen LogP contribution in [-0.4, -0.2) is 17.6 Å². The molecule has 1 saturated carbocycles. The SMILES string of the molecule is NCC(CC1CC1)(C(=O)O)c1ccc(F)cc1. The second-order valence-electron chi connectivity index (χ2n) is 4.75. The zero-order valence-electron chi connectivity index (χ0n) is 9.53. The minimum absolute atomic E-state index is 0.0461. The van der Waals surface area contributed by atoms with Crippen molar-refractivity contribution in [1.82, 2.24) is 0 Å². The fraction of sp³-hybridized carbons (Fsp3) is 0.462. The fourth-order valence-corrected chi connectivity index (χ4v) is 2.20. The molecule has 0 heterocycles. The topological polar surface area (TPSA) is 63.3 Å². The molecular formula is C13H16FNO2. The Hall–Kier alpha value is -1.42. The molecule has 1 aliphatic rings. The van der Waals surface area contributed by atoms with E-state index in [1.165, 1.54) is 24.3 Å². The summed E-state index contributed by atoms with van der Waals surface area (Å²) in [5, 5.41) is 9.45. The Labute approximate surface area is 99.4 Å². The number of hydrogen-bond acceptors (Lipinski definition) is 2. The molecule has 0 saturated heterocycles. The Morgan fingerprint density at radius 3 is 2.41 bits per heavy atom. The number of aliphatic carboxylic acids is 1. The van der Waals surface area contributed by atoms with Crippen molar-refractivity contribution in [2.75, 3.05) is 6.54 Å². The number of hydrogen-bond donors (Lipinski definition) is 2. The van der Waals surface area contributed by atoms with Gasteiger partial charge in [0.25, 0.3) is 0 Å². The van der Waals surface area contributed by atoms with E-state index in [1.54, 1.807) is 0 Å². The van der Waals surface area contributed by atoms with E-state index in [4.69, 9.17) is 5.73 Å². The molecule has 1 atom stereocenters. The first-order valence-corrected chi connectivity index (χ1v) is 5.78. The van der Waals surface area contributed by atoms with Gasteiger partial charge in [-0.3, -0.25) is 4.79 Å². The molecule has 0 amide bonds. The lowest BCUT2D eigenvalue weighted by Crippen LogP contribution is -2.43. The summed E-state index contributed by atoms with van der Waals surface area (Å²) >= 11 is 0. The van der Waals surface area contributed by atoms with E-state index in [1.807, 2.05) is 0 Å². The Morgan fingerprint density at radius 1 is 1.41 bits per heavy atom. The highest BCUT2D eigenvalue weighted by atomic mass is 19.1. The molecule has 0 bridgehead atoms. The molecule has 92 valence electrons. The molecule has 3 N–H and O–H groups in total. The third kappa shape index (κ3) is 2.31. The van der Waals surface area contributed by atoms with Gasteiger partial charge in [0.1, 0.15) is 11.2 Å². The highest BCUT2D eigenvalue weighted by molar-refractivity contribution is 5.81. The van der Waals surface area contributed by atoms with E-state index in [0.717, 1.165) is 12.8 Å². The highest BCUT2D eigenvalue weighted by Crippen LogP contribution is 2.41. The minimum Gasteiger partial charge on any atom is -0.481 e. The maximum Gasteiger partial charge on any atom is 0.315 e. The molecule has 0 spiro atoms. The van der Waals surface area contributed by atoms with Crippen LogP contribution in [0.3, 0.4) is 0 Å². The van der Waals surface area contributed by atoms with Crippen molar-refractivity contribution >= 4 is 5.97 Å². The van der Waals surface area contributed by atoms with Crippen LogP contribution in [0.5, 0.6) is 0 Å². The Bertz CT molecular complexity index is 414. The zero-order valence-corrected chi connectivity index (χ0v) is 9.53. The summed E-state index contributed by atoms with van der Waals surface area (Å²) in [6.07, 6.45) is 2.68. The van der Waals surface area contributed by atoms with Crippen LogP contribution in [0, 0.1) is 11.7 Å². The molecule has 1 aliphatic carbocycles. The molecule has 4 heteroatoms. The molecule has 0 radical (unpaired) electrons. The van der Waals surface area contributed by atoms with Gasteiger partial charge < -0.3 is 10.8 Å². The van der Waals surface area contributed by atoms with Crippen molar-refractivity contribution in [3.63, 3.8) is 0 Å². The van der Waals surface area contributed by atoms with Gasteiger partial charge in [-0.05, 0) is 30.0 Å². The van der Waals surface area contributed by atoms with Crippen LogP contribution in [-0.2, 0) is 10.2 Å². The molecule has 17 heavy (non-hydrogen) atoms. The average Bonchev–Trinajstić information content (AvgIpc) is 3.10. The number of nitrogens with two attached hydrogens (primary N) is 1. The summed E-state index contributed by atoms with van der Waals surface area (Å²) in [6.45, 7) is 0.0461. The number of rotatable bonds is 5. The van der Waals surface area contributed by atoms with E-state index in [0.29, 0.717) is 17.9 Å². The molecule has 1 fully saturated rings. The Kier molecular flexibility index (Phi) is 3.15. The van der Waals surface area contributed by atoms with Crippen LogP contribution in [0.4, 0.5) is 4.39 Å². The number of benzene rings is 1. The van der Waals surface area contributed by atoms with Gasteiger partial charge in [0.15, 0.2) is 0 Å². The van der Waals surface area contributed by atoms with Gasteiger partial charge in [-0.1, -0.05) is 25.0 Å². The molecule has 2 rings (SSSR count). The summed E-state index contributed by atoms with van der Waals surface area (Å²) in [5.74, 6) is -0.838. The van der Waals surface area contributed by atoms with Crippen molar-refractivity contribution < 1.29 is 14.3 Å². The van der Waals surface area contributed by atoms with Crippen LogP contribution in [0.15, 0.2) is 24.3 Å². The second kappa shape index (κ2) is 4.45. The number of halogens is 1. The Balaban J connectivity index is 2.36. The number of carboxylic acids is 1. The third-order valence-corrected chi connectivity index (χ3v) is 3.49. The highest BCUT2D eigenvalue weighted by Gasteiger charge is 2.43. The lowest BCUT2D eigenvalue weighted by Gasteiger charge is -2.28. The standard InChI is InChI=1S/C13H16FNO2/c14-11-5-3-10(4-6-11)13(8-15,12(16)17)7-9-1-2-9/h3-6,9H,1-2,7-8,15H2,(H,16,17).